The number of hydrogen-bond acceptors (Lipinski definition) is 3. The molecule has 2 aliphatic rings. The van der Waals surface area contributed by atoms with E-state index in [1.807, 2.05) is 0 Å². The molecule has 1 saturated carbocycles. The van der Waals surface area contributed by atoms with Gasteiger partial charge in [0.05, 0.1) is 0 Å². The Labute approximate surface area is 113 Å². The van der Waals surface area contributed by atoms with Crippen molar-refractivity contribution in [3.63, 3.8) is 0 Å². The summed E-state index contributed by atoms with van der Waals surface area (Å²) in [4.78, 5) is 5.23. The third-order valence-corrected chi connectivity index (χ3v) is 4.83. The fourth-order valence-electron chi connectivity index (χ4n) is 3.76. The third kappa shape index (κ3) is 3.69. The summed E-state index contributed by atoms with van der Waals surface area (Å²) in [5, 5.41) is 0. The minimum atomic E-state index is 0.554. The second-order valence-corrected chi connectivity index (χ2v) is 6.53. The van der Waals surface area contributed by atoms with Crippen LogP contribution in [0.25, 0.3) is 0 Å². The molecule has 3 heteroatoms. The summed E-state index contributed by atoms with van der Waals surface area (Å²) in [7, 11) is 2.24. The largest absolute Gasteiger partial charge is 0.329 e. The maximum Gasteiger partial charge on any atom is 0.0342 e. The fourth-order valence-corrected chi connectivity index (χ4v) is 3.76. The lowest BCUT2D eigenvalue weighted by Crippen LogP contribution is -2.46. The molecule has 106 valence electrons. The first-order chi connectivity index (χ1) is 8.70. The molecule has 0 aromatic rings. The summed E-state index contributed by atoms with van der Waals surface area (Å²) in [5.74, 6) is 0.773. The molecule has 2 atom stereocenters. The van der Waals surface area contributed by atoms with E-state index in [0.29, 0.717) is 6.04 Å². The van der Waals surface area contributed by atoms with Crippen LogP contribution in [0.4, 0.5) is 0 Å². The van der Waals surface area contributed by atoms with Gasteiger partial charge in [-0.15, -0.1) is 0 Å². The Kier molecular flexibility index (Phi) is 5.46. The van der Waals surface area contributed by atoms with Crippen LogP contribution in [-0.2, 0) is 0 Å². The average Bonchev–Trinajstić information content (AvgIpc) is 2.68. The van der Waals surface area contributed by atoms with Crippen molar-refractivity contribution < 1.29 is 0 Å². The van der Waals surface area contributed by atoms with Gasteiger partial charge in [-0.05, 0) is 25.8 Å². The average molecular weight is 253 g/mol. The summed E-state index contributed by atoms with van der Waals surface area (Å²) < 4.78 is 0. The lowest BCUT2D eigenvalue weighted by atomic mass is 10.0. The van der Waals surface area contributed by atoms with Crippen molar-refractivity contribution in [3.8, 4) is 0 Å². The molecule has 2 rings (SSSR count). The van der Waals surface area contributed by atoms with Crippen molar-refractivity contribution in [3.05, 3.63) is 0 Å². The molecule has 0 radical (unpaired) electrons. The second-order valence-electron chi connectivity index (χ2n) is 6.53. The number of hydrogen-bond donors (Lipinski definition) is 1. The summed E-state index contributed by atoms with van der Waals surface area (Å²) in [6.07, 6.45) is 8.57. The van der Waals surface area contributed by atoms with Gasteiger partial charge in [0, 0.05) is 38.3 Å². The molecular formula is C15H31N3. The third-order valence-electron chi connectivity index (χ3n) is 4.83. The monoisotopic (exact) mass is 253 g/mol. The van der Waals surface area contributed by atoms with Gasteiger partial charge in [0.15, 0.2) is 0 Å². The van der Waals surface area contributed by atoms with Crippen LogP contribution >= 0.6 is 0 Å². The summed E-state index contributed by atoms with van der Waals surface area (Å²) >= 11 is 0. The number of nitrogens with zero attached hydrogens (tertiary/aromatic N) is 2. The fraction of sp³-hybridized carbons (Fsp3) is 1.00. The van der Waals surface area contributed by atoms with E-state index in [2.05, 4.69) is 23.8 Å². The number of likely N-dealkylation sites (N-methyl/N-ethyl adjacent to an activating group) is 1. The summed E-state index contributed by atoms with van der Waals surface area (Å²) in [6.45, 7) is 6.84. The molecule has 1 heterocycles. The molecule has 1 saturated heterocycles. The highest BCUT2D eigenvalue weighted by molar-refractivity contribution is 4.85. The maximum absolute atomic E-state index is 5.96. The zero-order valence-electron chi connectivity index (χ0n) is 12.3. The van der Waals surface area contributed by atoms with E-state index in [1.165, 1.54) is 58.2 Å². The van der Waals surface area contributed by atoms with E-state index >= 15 is 0 Å². The number of nitrogens with two attached hydrogens (primary N) is 1. The Bertz CT molecular complexity index is 236. The topological polar surface area (TPSA) is 32.5 Å². The minimum absolute atomic E-state index is 0.554. The van der Waals surface area contributed by atoms with Gasteiger partial charge in [0.1, 0.15) is 0 Å². The Balaban J connectivity index is 2.00. The molecule has 1 aliphatic heterocycles. The van der Waals surface area contributed by atoms with E-state index in [9.17, 15) is 0 Å². The molecule has 3 nitrogen and oxygen atoms in total. The van der Waals surface area contributed by atoms with Gasteiger partial charge in [-0.3, -0.25) is 4.90 Å². The quantitative estimate of drug-likeness (QED) is 0.763. The lowest BCUT2D eigenvalue weighted by molar-refractivity contribution is 0.151. The zero-order valence-corrected chi connectivity index (χ0v) is 12.3. The predicted molar refractivity (Wildman–Crippen MR) is 77.7 cm³/mol. The highest BCUT2D eigenvalue weighted by Crippen LogP contribution is 2.24. The van der Waals surface area contributed by atoms with Gasteiger partial charge in [-0.25, -0.2) is 0 Å². The second kappa shape index (κ2) is 6.88. The van der Waals surface area contributed by atoms with Crippen LogP contribution in [0, 0.1) is 5.92 Å². The van der Waals surface area contributed by atoms with E-state index in [-0.39, 0.29) is 0 Å². The molecule has 1 aliphatic carbocycles. The van der Waals surface area contributed by atoms with Crippen molar-refractivity contribution in [2.45, 2.75) is 57.5 Å². The van der Waals surface area contributed by atoms with Crippen LogP contribution in [0.2, 0.25) is 0 Å². The van der Waals surface area contributed by atoms with Crippen LogP contribution in [0.1, 0.15) is 45.4 Å². The Hall–Kier alpha value is -0.120. The molecule has 0 aromatic carbocycles. The van der Waals surface area contributed by atoms with Crippen molar-refractivity contribution in [1.82, 2.24) is 9.80 Å². The molecule has 2 unspecified atom stereocenters. The van der Waals surface area contributed by atoms with Gasteiger partial charge in [-0.1, -0.05) is 32.6 Å². The molecule has 0 spiro atoms. The van der Waals surface area contributed by atoms with E-state index < -0.39 is 0 Å². The predicted octanol–water partition coefficient (Wildman–Crippen LogP) is 1.92. The Morgan fingerprint density at radius 2 is 1.67 bits per heavy atom. The van der Waals surface area contributed by atoms with Gasteiger partial charge in [0.25, 0.3) is 0 Å². The van der Waals surface area contributed by atoms with E-state index in [1.54, 1.807) is 0 Å². The first kappa shape index (κ1) is 14.3. The van der Waals surface area contributed by atoms with Crippen LogP contribution < -0.4 is 5.73 Å². The molecule has 2 N–H and O–H groups in total. The van der Waals surface area contributed by atoms with Crippen LogP contribution in [0.5, 0.6) is 0 Å². The van der Waals surface area contributed by atoms with E-state index in [0.717, 1.165) is 18.5 Å². The SMILES string of the molecule is CC1CN(C)C(CN)CN(C2CCCCCC2)C1. The molecular weight excluding hydrogens is 222 g/mol. The normalized spacial score (nSPS) is 34.2. The van der Waals surface area contributed by atoms with Gasteiger partial charge in [0.2, 0.25) is 0 Å². The first-order valence-electron chi connectivity index (χ1n) is 7.85. The van der Waals surface area contributed by atoms with Crippen molar-refractivity contribution in [2.75, 3.05) is 33.2 Å². The highest BCUT2D eigenvalue weighted by atomic mass is 15.3. The Morgan fingerprint density at radius 1 is 1.00 bits per heavy atom. The molecule has 0 aromatic heterocycles. The number of rotatable bonds is 2. The van der Waals surface area contributed by atoms with Gasteiger partial charge in [-0.2, -0.15) is 0 Å². The van der Waals surface area contributed by atoms with Crippen molar-refractivity contribution in [1.29, 1.82) is 0 Å². The molecule has 18 heavy (non-hydrogen) atoms. The van der Waals surface area contributed by atoms with Gasteiger partial charge < -0.3 is 10.6 Å². The summed E-state index contributed by atoms with van der Waals surface area (Å²) in [5.41, 5.74) is 5.96. The molecule has 0 amide bonds. The maximum atomic E-state index is 5.96. The minimum Gasteiger partial charge on any atom is -0.329 e. The van der Waals surface area contributed by atoms with Crippen molar-refractivity contribution >= 4 is 0 Å². The molecule has 2 fully saturated rings. The van der Waals surface area contributed by atoms with E-state index in [4.69, 9.17) is 5.73 Å². The van der Waals surface area contributed by atoms with Gasteiger partial charge >= 0.3 is 0 Å². The first-order valence-corrected chi connectivity index (χ1v) is 7.85. The highest BCUT2D eigenvalue weighted by Gasteiger charge is 2.29. The smallest absolute Gasteiger partial charge is 0.0342 e. The van der Waals surface area contributed by atoms with Crippen LogP contribution in [0.15, 0.2) is 0 Å². The van der Waals surface area contributed by atoms with Crippen LogP contribution in [-0.4, -0.2) is 55.1 Å². The summed E-state index contributed by atoms with van der Waals surface area (Å²) in [6, 6.07) is 1.38. The van der Waals surface area contributed by atoms with Crippen molar-refractivity contribution in [2.24, 2.45) is 11.7 Å². The Morgan fingerprint density at radius 3 is 2.28 bits per heavy atom. The molecule has 0 bridgehead atoms. The standard InChI is InChI=1S/C15H31N3/c1-13-10-17(2)15(9-16)12-18(11-13)14-7-5-3-4-6-8-14/h13-15H,3-12,16H2,1-2H3. The van der Waals surface area contributed by atoms with Crippen LogP contribution in [0.3, 0.4) is 0 Å². The lowest BCUT2D eigenvalue weighted by Gasteiger charge is -2.33. The zero-order chi connectivity index (χ0) is 13.0.